The highest BCUT2D eigenvalue weighted by Gasteiger charge is 2.26. The van der Waals surface area contributed by atoms with Gasteiger partial charge in [-0.05, 0) is 38.8 Å². The number of amides is 2. The highest BCUT2D eigenvalue weighted by molar-refractivity contribution is 7.09. The fourth-order valence-corrected chi connectivity index (χ4v) is 3.63. The molecule has 1 aliphatic rings. The first-order chi connectivity index (χ1) is 11.5. The maximum absolute atomic E-state index is 12.4. The number of hydrogen-bond acceptors (Lipinski definition) is 4. The molecule has 0 aliphatic carbocycles. The van der Waals surface area contributed by atoms with Crippen molar-refractivity contribution in [1.82, 2.24) is 9.88 Å². The molecular weight excluding hydrogens is 322 g/mol. The molecule has 1 aromatic heterocycles. The predicted octanol–water partition coefficient (Wildman–Crippen LogP) is 3.74. The van der Waals surface area contributed by atoms with Gasteiger partial charge in [-0.25, -0.2) is 9.78 Å². The van der Waals surface area contributed by atoms with Crippen molar-refractivity contribution in [3.63, 3.8) is 0 Å². The van der Waals surface area contributed by atoms with Crippen LogP contribution in [0.25, 0.3) is 11.3 Å². The van der Waals surface area contributed by atoms with Gasteiger partial charge in [0.2, 0.25) is 0 Å². The summed E-state index contributed by atoms with van der Waals surface area (Å²) in [5.74, 6) is 0.166. The van der Waals surface area contributed by atoms with Crippen molar-refractivity contribution in [1.29, 1.82) is 0 Å². The monoisotopic (exact) mass is 345 g/mol. The summed E-state index contributed by atoms with van der Waals surface area (Å²) in [6.45, 7) is 5.14. The van der Waals surface area contributed by atoms with Gasteiger partial charge >= 0.3 is 6.03 Å². The van der Waals surface area contributed by atoms with E-state index in [0.717, 1.165) is 41.3 Å². The minimum atomic E-state index is -0.374. The van der Waals surface area contributed by atoms with Crippen LogP contribution in [0, 0.1) is 12.8 Å². The molecule has 0 spiro atoms. The smallest absolute Gasteiger partial charge is 0.321 e. The molecule has 2 heterocycles. The number of thiazole rings is 1. The van der Waals surface area contributed by atoms with Crippen molar-refractivity contribution in [2.75, 3.05) is 18.4 Å². The summed E-state index contributed by atoms with van der Waals surface area (Å²) in [6.07, 6.45) is 1.54. The lowest BCUT2D eigenvalue weighted by molar-refractivity contribution is 0.0766. The molecule has 2 unspecified atom stereocenters. The van der Waals surface area contributed by atoms with Crippen LogP contribution in [0.2, 0.25) is 0 Å². The lowest BCUT2D eigenvalue weighted by Crippen LogP contribution is -2.44. The quantitative estimate of drug-likeness (QED) is 0.890. The van der Waals surface area contributed by atoms with Gasteiger partial charge in [-0.15, -0.1) is 11.3 Å². The van der Waals surface area contributed by atoms with Crippen molar-refractivity contribution in [2.45, 2.75) is 32.8 Å². The SMILES string of the molecule is Cc1nc(-c2ccc(NC(=O)N3CCCC(C(C)O)C3)cc2)cs1. The third-order valence-corrected chi connectivity index (χ3v) is 5.25. The molecule has 1 aromatic carbocycles. The second-order valence-corrected chi connectivity index (χ2v) is 7.41. The number of aromatic nitrogens is 1. The normalized spacial score (nSPS) is 19.1. The number of aliphatic hydroxyl groups excluding tert-OH is 1. The molecular formula is C18H23N3O2S. The van der Waals surface area contributed by atoms with Crippen molar-refractivity contribution in [2.24, 2.45) is 5.92 Å². The first-order valence-corrected chi connectivity index (χ1v) is 9.17. The van der Waals surface area contributed by atoms with Crippen LogP contribution in [-0.4, -0.2) is 40.2 Å². The first kappa shape index (κ1) is 16.9. The van der Waals surface area contributed by atoms with Crippen LogP contribution in [0.5, 0.6) is 0 Å². The zero-order chi connectivity index (χ0) is 17.1. The molecule has 2 aromatic rings. The van der Waals surface area contributed by atoms with E-state index in [1.165, 1.54) is 0 Å². The molecule has 0 radical (unpaired) electrons. The number of likely N-dealkylation sites (tertiary alicyclic amines) is 1. The standard InChI is InChI=1S/C18H23N3O2S/c1-12(22)15-4-3-9-21(10-15)18(23)20-16-7-5-14(6-8-16)17-11-24-13(2)19-17/h5-8,11-12,15,22H,3-4,9-10H2,1-2H3,(H,20,23). The molecule has 1 aliphatic heterocycles. The van der Waals surface area contributed by atoms with E-state index in [1.54, 1.807) is 23.2 Å². The summed E-state index contributed by atoms with van der Waals surface area (Å²) in [6, 6.07) is 7.64. The number of carbonyl (C=O) groups excluding carboxylic acids is 1. The number of carbonyl (C=O) groups is 1. The molecule has 6 heteroatoms. The van der Waals surface area contributed by atoms with Crippen molar-refractivity contribution >= 4 is 23.1 Å². The molecule has 1 fully saturated rings. The number of hydrogen-bond donors (Lipinski definition) is 2. The average molecular weight is 345 g/mol. The van der Waals surface area contributed by atoms with E-state index in [2.05, 4.69) is 10.3 Å². The van der Waals surface area contributed by atoms with Gasteiger partial charge in [-0.1, -0.05) is 12.1 Å². The number of piperidine rings is 1. The highest BCUT2D eigenvalue weighted by atomic mass is 32.1. The minimum Gasteiger partial charge on any atom is -0.393 e. The van der Waals surface area contributed by atoms with Gasteiger partial charge in [0, 0.05) is 35.6 Å². The molecule has 0 saturated carbocycles. The number of anilines is 1. The molecule has 0 bridgehead atoms. The number of rotatable bonds is 3. The Morgan fingerprint density at radius 1 is 1.42 bits per heavy atom. The van der Waals surface area contributed by atoms with Crippen LogP contribution >= 0.6 is 11.3 Å². The number of nitrogens with one attached hydrogen (secondary N) is 1. The van der Waals surface area contributed by atoms with Gasteiger partial charge in [-0.2, -0.15) is 0 Å². The van der Waals surface area contributed by atoms with Crippen LogP contribution in [0.4, 0.5) is 10.5 Å². The fourth-order valence-electron chi connectivity index (χ4n) is 3.01. The highest BCUT2D eigenvalue weighted by Crippen LogP contribution is 2.24. The van der Waals surface area contributed by atoms with Crippen molar-refractivity contribution < 1.29 is 9.90 Å². The zero-order valence-electron chi connectivity index (χ0n) is 14.0. The molecule has 2 atom stereocenters. The number of aryl methyl sites for hydroxylation is 1. The molecule has 5 nitrogen and oxygen atoms in total. The third-order valence-electron chi connectivity index (χ3n) is 4.48. The Labute approximate surface area is 146 Å². The number of benzene rings is 1. The zero-order valence-corrected chi connectivity index (χ0v) is 14.8. The Hall–Kier alpha value is -1.92. The van der Waals surface area contributed by atoms with Crippen LogP contribution in [0.15, 0.2) is 29.6 Å². The maximum Gasteiger partial charge on any atom is 0.321 e. The fraction of sp³-hybridized carbons (Fsp3) is 0.444. The second kappa shape index (κ2) is 7.32. The van der Waals surface area contributed by atoms with Gasteiger partial charge in [0.05, 0.1) is 16.8 Å². The second-order valence-electron chi connectivity index (χ2n) is 6.35. The number of urea groups is 1. The molecule has 128 valence electrons. The Kier molecular flexibility index (Phi) is 5.16. The van der Waals surface area contributed by atoms with Crippen LogP contribution in [0.3, 0.4) is 0 Å². The Morgan fingerprint density at radius 3 is 2.79 bits per heavy atom. The van der Waals surface area contributed by atoms with Gasteiger partial charge in [0.1, 0.15) is 0 Å². The Bertz CT molecular complexity index is 697. The van der Waals surface area contributed by atoms with Gasteiger partial charge < -0.3 is 15.3 Å². The van der Waals surface area contributed by atoms with Gasteiger partial charge in [0.25, 0.3) is 0 Å². The van der Waals surface area contributed by atoms with Gasteiger partial charge in [0.15, 0.2) is 0 Å². The molecule has 1 saturated heterocycles. The molecule has 3 rings (SSSR count). The lowest BCUT2D eigenvalue weighted by Gasteiger charge is -2.34. The topological polar surface area (TPSA) is 65.5 Å². The Morgan fingerprint density at radius 2 is 2.17 bits per heavy atom. The summed E-state index contributed by atoms with van der Waals surface area (Å²) in [4.78, 5) is 18.7. The maximum atomic E-state index is 12.4. The average Bonchev–Trinajstić information content (AvgIpc) is 3.02. The summed E-state index contributed by atoms with van der Waals surface area (Å²) in [5.41, 5.74) is 2.78. The van der Waals surface area contributed by atoms with E-state index in [1.807, 2.05) is 36.6 Å². The van der Waals surface area contributed by atoms with E-state index in [4.69, 9.17) is 0 Å². The molecule has 2 amide bonds. The van der Waals surface area contributed by atoms with Crippen LogP contribution < -0.4 is 5.32 Å². The lowest BCUT2D eigenvalue weighted by atomic mass is 9.94. The summed E-state index contributed by atoms with van der Waals surface area (Å²) in [7, 11) is 0. The van der Waals surface area contributed by atoms with Gasteiger partial charge in [-0.3, -0.25) is 0 Å². The summed E-state index contributed by atoms with van der Waals surface area (Å²) < 4.78 is 0. The minimum absolute atomic E-state index is 0.0994. The van der Waals surface area contributed by atoms with E-state index < -0.39 is 0 Å². The Balaban J connectivity index is 1.62. The van der Waals surface area contributed by atoms with E-state index >= 15 is 0 Å². The first-order valence-electron chi connectivity index (χ1n) is 8.29. The summed E-state index contributed by atoms with van der Waals surface area (Å²) in [5, 5.41) is 15.8. The largest absolute Gasteiger partial charge is 0.393 e. The van der Waals surface area contributed by atoms with Crippen LogP contribution in [-0.2, 0) is 0 Å². The van der Waals surface area contributed by atoms with Crippen molar-refractivity contribution in [3.05, 3.63) is 34.7 Å². The molecule has 2 N–H and O–H groups in total. The van der Waals surface area contributed by atoms with Crippen molar-refractivity contribution in [3.8, 4) is 11.3 Å². The summed E-state index contributed by atoms with van der Waals surface area (Å²) >= 11 is 1.63. The third kappa shape index (κ3) is 3.94. The van der Waals surface area contributed by atoms with E-state index in [-0.39, 0.29) is 18.1 Å². The number of aliphatic hydroxyl groups is 1. The van der Waals surface area contributed by atoms with Crippen LogP contribution in [0.1, 0.15) is 24.8 Å². The predicted molar refractivity (Wildman–Crippen MR) is 97.3 cm³/mol. The van der Waals surface area contributed by atoms with E-state index in [9.17, 15) is 9.90 Å². The molecule has 24 heavy (non-hydrogen) atoms. The number of nitrogens with zero attached hydrogens (tertiary/aromatic N) is 2. The van der Waals surface area contributed by atoms with E-state index in [0.29, 0.717) is 6.54 Å².